The molecule has 5 nitrogen and oxygen atoms in total. The van der Waals surface area contributed by atoms with Crippen LogP contribution in [0, 0.1) is 0 Å². The number of rotatable bonds is 5. The number of methoxy groups -OCH3 is 1. The van der Waals surface area contributed by atoms with Crippen molar-refractivity contribution in [3.8, 4) is 0 Å². The van der Waals surface area contributed by atoms with E-state index in [1.807, 2.05) is 0 Å². The van der Waals surface area contributed by atoms with Crippen LogP contribution in [-0.4, -0.2) is 30.8 Å². The number of Topliss-reactive ketones (excluding diaryl/α,β-unsaturated/α-hetero) is 1. The molecule has 5 heteroatoms. The van der Waals surface area contributed by atoms with Gasteiger partial charge in [0.15, 0.2) is 11.8 Å². The number of ether oxygens (including phenoxy) is 1. The minimum Gasteiger partial charge on any atom is -0.467 e. The highest BCUT2D eigenvalue weighted by atomic mass is 16.5. The predicted molar refractivity (Wildman–Crippen MR) is 49.5 cm³/mol. The third kappa shape index (κ3) is 3.55. The van der Waals surface area contributed by atoms with Gasteiger partial charge in [0.25, 0.3) is 0 Å². The van der Waals surface area contributed by atoms with Crippen LogP contribution in [0.2, 0.25) is 0 Å². The van der Waals surface area contributed by atoms with Gasteiger partial charge in [0.05, 0.1) is 7.11 Å². The molecule has 0 aromatic carbocycles. The Morgan fingerprint density at radius 2 is 1.79 bits per heavy atom. The fourth-order valence-corrected chi connectivity index (χ4v) is 0.856. The average Bonchev–Trinajstić information content (AvgIpc) is 2.23. The van der Waals surface area contributed by atoms with E-state index in [0.29, 0.717) is 0 Å². The summed E-state index contributed by atoms with van der Waals surface area (Å²) in [4.78, 5) is 33.3. The molecule has 0 aliphatic rings. The Morgan fingerprint density at radius 3 is 2.14 bits per heavy atom. The summed E-state index contributed by atoms with van der Waals surface area (Å²) in [6, 6.07) is -1.16. The molecule has 1 amide bonds. The maximum absolute atomic E-state index is 11.2. The monoisotopic (exact) mass is 201 g/mol. The number of hydrogen-bond donors (Lipinski definition) is 1. The highest BCUT2D eigenvalue weighted by Crippen LogP contribution is 1.95. The second-order valence-corrected chi connectivity index (χ2v) is 2.70. The highest BCUT2D eigenvalue weighted by Gasteiger charge is 2.26. The molecule has 0 saturated carbocycles. The molecule has 0 radical (unpaired) electrons. The lowest BCUT2D eigenvalue weighted by molar-refractivity contribution is -0.148. The van der Waals surface area contributed by atoms with Gasteiger partial charge in [0.1, 0.15) is 0 Å². The van der Waals surface area contributed by atoms with Crippen LogP contribution < -0.4 is 5.32 Å². The molecular formula is C9H15NO4. The Morgan fingerprint density at radius 1 is 1.21 bits per heavy atom. The SMILES string of the molecule is CCC(=O)NC(C(=O)CC)C(=O)OC. The van der Waals surface area contributed by atoms with Crippen LogP contribution in [-0.2, 0) is 19.1 Å². The van der Waals surface area contributed by atoms with Crippen molar-refractivity contribution >= 4 is 17.7 Å². The number of carbonyl (C=O) groups is 3. The van der Waals surface area contributed by atoms with E-state index in [1.54, 1.807) is 13.8 Å². The molecule has 0 heterocycles. The molecule has 0 bridgehead atoms. The summed E-state index contributed by atoms with van der Waals surface area (Å²) in [7, 11) is 1.18. The quantitative estimate of drug-likeness (QED) is 0.503. The number of esters is 1. The number of ketones is 1. The summed E-state index contributed by atoms with van der Waals surface area (Å²) in [6.07, 6.45) is 0.411. The van der Waals surface area contributed by atoms with Gasteiger partial charge in [-0.3, -0.25) is 9.59 Å². The second kappa shape index (κ2) is 6.12. The maximum Gasteiger partial charge on any atom is 0.336 e. The van der Waals surface area contributed by atoms with Gasteiger partial charge in [-0.15, -0.1) is 0 Å². The van der Waals surface area contributed by atoms with Crippen molar-refractivity contribution in [1.82, 2.24) is 5.32 Å². The summed E-state index contributed by atoms with van der Waals surface area (Å²) in [5.41, 5.74) is 0. The van der Waals surface area contributed by atoms with Gasteiger partial charge in [0.2, 0.25) is 5.91 Å². The van der Waals surface area contributed by atoms with Crippen LogP contribution in [0.3, 0.4) is 0 Å². The predicted octanol–water partition coefficient (Wildman–Crippen LogP) is 0.0333. The summed E-state index contributed by atoms with van der Waals surface area (Å²) in [5, 5.41) is 2.31. The smallest absolute Gasteiger partial charge is 0.336 e. The van der Waals surface area contributed by atoms with Crippen molar-refractivity contribution < 1.29 is 19.1 Å². The Bertz CT molecular complexity index is 221. The van der Waals surface area contributed by atoms with Crippen molar-refractivity contribution in [2.75, 3.05) is 7.11 Å². The van der Waals surface area contributed by atoms with Crippen LogP contribution in [0.25, 0.3) is 0 Å². The molecule has 0 aliphatic carbocycles. The standard InChI is InChI=1S/C9H15NO4/c1-4-6(11)8(9(13)14-3)10-7(12)5-2/h8H,4-5H2,1-3H3,(H,10,12). The fraction of sp³-hybridized carbons (Fsp3) is 0.667. The van der Waals surface area contributed by atoms with Crippen LogP contribution in [0.4, 0.5) is 0 Å². The maximum atomic E-state index is 11.2. The third-order valence-corrected chi connectivity index (χ3v) is 1.73. The molecule has 1 atom stereocenters. The van der Waals surface area contributed by atoms with Crippen molar-refractivity contribution in [1.29, 1.82) is 0 Å². The molecule has 1 unspecified atom stereocenters. The van der Waals surface area contributed by atoms with Crippen molar-refractivity contribution in [3.63, 3.8) is 0 Å². The van der Waals surface area contributed by atoms with Crippen LogP contribution in [0.5, 0.6) is 0 Å². The molecule has 80 valence electrons. The van der Waals surface area contributed by atoms with E-state index in [0.717, 1.165) is 0 Å². The molecule has 1 N–H and O–H groups in total. The van der Waals surface area contributed by atoms with Crippen molar-refractivity contribution in [2.45, 2.75) is 32.7 Å². The first kappa shape index (κ1) is 12.6. The molecule has 0 fully saturated rings. The van der Waals surface area contributed by atoms with E-state index in [4.69, 9.17) is 0 Å². The van der Waals surface area contributed by atoms with Crippen LogP contribution in [0.15, 0.2) is 0 Å². The van der Waals surface area contributed by atoms with E-state index in [9.17, 15) is 14.4 Å². The van der Waals surface area contributed by atoms with Crippen molar-refractivity contribution in [2.24, 2.45) is 0 Å². The zero-order valence-corrected chi connectivity index (χ0v) is 8.62. The summed E-state index contributed by atoms with van der Waals surface area (Å²) in [5.74, 6) is -1.42. The minimum absolute atomic E-state index is 0.184. The van der Waals surface area contributed by atoms with E-state index in [1.165, 1.54) is 7.11 Å². The molecule has 0 saturated heterocycles. The average molecular weight is 201 g/mol. The number of hydrogen-bond acceptors (Lipinski definition) is 4. The first-order valence-corrected chi connectivity index (χ1v) is 4.46. The van der Waals surface area contributed by atoms with Gasteiger partial charge in [-0.05, 0) is 0 Å². The van der Waals surface area contributed by atoms with Gasteiger partial charge in [-0.2, -0.15) is 0 Å². The normalized spacial score (nSPS) is 11.6. The van der Waals surface area contributed by atoms with Crippen LogP contribution in [0.1, 0.15) is 26.7 Å². The summed E-state index contributed by atoms with van der Waals surface area (Å²) >= 11 is 0. The first-order chi connectivity index (χ1) is 6.56. The molecular weight excluding hydrogens is 186 g/mol. The number of amides is 1. The fourth-order valence-electron chi connectivity index (χ4n) is 0.856. The van der Waals surface area contributed by atoms with Gasteiger partial charge in [-0.1, -0.05) is 13.8 Å². The molecule has 0 aromatic heterocycles. The van der Waals surface area contributed by atoms with E-state index < -0.39 is 12.0 Å². The zero-order valence-electron chi connectivity index (χ0n) is 8.62. The molecule has 14 heavy (non-hydrogen) atoms. The molecule has 0 rings (SSSR count). The Kier molecular flexibility index (Phi) is 5.52. The molecule has 0 aromatic rings. The van der Waals surface area contributed by atoms with Gasteiger partial charge < -0.3 is 10.1 Å². The zero-order chi connectivity index (χ0) is 11.1. The van der Waals surface area contributed by atoms with E-state index in [-0.39, 0.29) is 24.5 Å². The Hall–Kier alpha value is -1.39. The third-order valence-electron chi connectivity index (χ3n) is 1.73. The minimum atomic E-state index is -1.16. The first-order valence-electron chi connectivity index (χ1n) is 4.46. The Balaban J connectivity index is 4.48. The van der Waals surface area contributed by atoms with Gasteiger partial charge >= 0.3 is 5.97 Å². The van der Waals surface area contributed by atoms with Crippen molar-refractivity contribution in [3.05, 3.63) is 0 Å². The number of carbonyl (C=O) groups excluding carboxylic acids is 3. The summed E-state index contributed by atoms with van der Waals surface area (Å²) in [6.45, 7) is 3.26. The van der Waals surface area contributed by atoms with E-state index in [2.05, 4.69) is 10.1 Å². The van der Waals surface area contributed by atoms with Gasteiger partial charge in [-0.25, -0.2) is 4.79 Å². The molecule has 0 spiro atoms. The lowest BCUT2D eigenvalue weighted by atomic mass is 10.1. The highest BCUT2D eigenvalue weighted by molar-refractivity contribution is 6.05. The molecule has 0 aliphatic heterocycles. The topological polar surface area (TPSA) is 72.5 Å². The largest absolute Gasteiger partial charge is 0.467 e. The lowest BCUT2D eigenvalue weighted by Crippen LogP contribution is -2.46. The lowest BCUT2D eigenvalue weighted by Gasteiger charge is -2.13. The Labute approximate surface area is 82.8 Å². The summed E-state index contributed by atoms with van der Waals surface area (Å²) < 4.78 is 4.41. The second-order valence-electron chi connectivity index (χ2n) is 2.70. The van der Waals surface area contributed by atoms with E-state index >= 15 is 0 Å². The number of nitrogens with one attached hydrogen (secondary N) is 1. The van der Waals surface area contributed by atoms with Gasteiger partial charge in [0, 0.05) is 12.8 Å². The van der Waals surface area contributed by atoms with Crippen LogP contribution >= 0.6 is 0 Å².